The second kappa shape index (κ2) is 8.93. The number of likely N-dealkylation sites (tertiary alicyclic amines) is 1. The summed E-state index contributed by atoms with van der Waals surface area (Å²) < 4.78 is 14.7. The molecule has 1 aliphatic rings. The van der Waals surface area contributed by atoms with Gasteiger partial charge in [-0.3, -0.25) is 4.79 Å². The summed E-state index contributed by atoms with van der Waals surface area (Å²) in [5.74, 6) is -1.11. The summed E-state index contributed by atoms with van der Waals surface area (Å²) in [6.07, 6.45) is 4.26. The van der Waals surface area contributed by atoms with Crippen molar-refractivity contribution in [2.24, 2.45) is 0 Å². The maximum absolute atomic E-state index is 13.5. The summed E-state index contributed by atoms with van der Waals surface area (Å²) in [7, 11) is 0. The molecule has 9 heteroatoms. The highest BCUT2D eigenvalue weighted by molar-refractivity contribution is 6.01. The first-order valence-corrected chi connectivity index (χ1v) is 11.0. The number of aromatic nitrogens is 3. The van der Waals surface area contributed by atoms with Gasteiger partial charge in [0.05, 0.1) is 6.20 Å². The van der Waals surface area contributed by atoms with Gasteiger partial charge in [0.1, 0.15) is 22.8 Å². The molecule has 8 nitrogen and oxygen atoms in total. The summed E-state index contributed by atoms with van der Waals surface area (Å²) in [6.45, 7) is 1.18. The molecule has 3 heterocycles. The molecule has 0 unspecified atom stereocenters. The number of piperidine rings is 1. The Morgan fingerprint density at radius 3 is 2.35 bits per heavy atom. The summed E-state index contributed by atoms with van der Waals surface area (Å²) >= 11 is 0. The fourth-order valence-electron chi connectivity index (χ4n) is 4.34. The van der Waals surface area contributed by atoms with Gasteiger partial charge in [0.2, 0.25) is 0 Å². The number of aromatic carboxylic acids is 1. The van der Waals surface area contributed by atoms with Crippen LogP contribution in [0.5, 0.6) is 0 Å². The van der Waals surface area contributed by atoms with Crippen molar-refractivity contribution in [3.8, 4) is 0 Å². The second-order valence-corrected chi connectivity index (χ2v) is 8.23. The lowest BCUT2D eigenvalue weighted by Crippen LogP contribution is -2.38. The molecule has 1 fully saturated rings. The molecule has 34 heavy (non-hydrogen) atoms. The van der Waals surface area contributed by atoms with Gasteiger partial charge in [-0.2, -0.15) is 9.61 Å². The third-order valence-electron chi connectivity index (χ3n) is 6.15. The van der Waals surface area contributed by atoms with Crippen LogP contribution in [0, 0.1) is 5.82 Å². The molecule has 2 aromatic carbocycles. The fourth-order valence-corrected chi connectivity index (χ4v) is 4.34. The number of halogens is 1. The van der Waals surface area contributed by atoms with Crippen LogP contribution in [0.4, 0.5) is 15.9 Å². The number of anilines is 2. The summed E-state index contributed by atoms with van der Waals surface area (Å²) in [5.41, 5.74) is 2.09. The molecule has 4 aromatic rings. The van der Waals surface area contributed by atoms with E-state index in [1.165, 1.54) is 46.7 Å². The molecule has 0 radical (unpaired) electrons. The van der Waals surface area contributed by atoms with Crippen LogP contribution in [0.2, 0.25) is 0 Å². The maximum Gasteiger partial charge on any atom is 0.341 e. The number of nitrogens with zero attached hydrogens (tertiary/aromatic N) is 4. The third-order valence-corrected chi connectivity index (χ3v) is 6.15. The van der Waals surface area contributed by atoms with Crippen LogP contribution in [0.3, 0.4) is 0 Å². The summed E-state index contributed by atoms with van der Waals surface area (Å²) in [5, 5.41) is 16.7. The van der Waals surface area contributed by atoms with Crippen LogP contribution in [0.25, 0.3) is 5.65 Å². The van der Waals surface area contributed by atoms with Crippen molar-refractivity contribution in [3.05, 3.63) is 89.5 Å². The third kappa shape index (κ3) is 4.07. The van der Waals surface area contributed by atoms with Crippen LogP contribution in [0.15, 0.2) is 67.0 Å². The highest BCUT2D eigenvalue weighted by Gasteiger charge is 2.28. The van der Waals surface area contributed by atoms with E-state index in [1.807, 2.05) is 18.2 Å². The molecule has 0 atom stereocenters. The number of carbonyl (C=O) groups excluding carboxylic acids is 1. The van der Waals surface area contributed by atoms with Gasteiger partial charge in [-0.1, -0.05) is 30.3 Å². The predicted molar refractivity (Wildman–Crippen MR) is 124 cm³/mol. The molecule has 2 aromatic heterocycles. The van der Waals surface area contributed by atoms with Crippen molar-refractivity contribution in [1.82, 2.24) is 19.5 Å². The lowest BCUT2D eigenvalue weighted by Gasteiger charge is -2.32. The highest BCUT2D eigenvalue weighted by atomic mass is 19.1. The molecule has 1 aliphatic heterocycles. The van der Waals surface area contributed by atoms with E-state index in [4.69, 9.17) is 0 Å². The number of hydrogen-bond acceptors (Lipinski definition) is 5. The van der Waals surface area contributed by atoms with Crippen molar-refractivity contribution in [2.75, 3.05) is 18.4 Å². The van der Waals surface area contributed by atoms with Gasteiger partial charge in [0.25, 0.3) is 5.91 Å². The molecule has 0 bridgehead atoms. The Hall–Kier alpha value is -4.27. The van der Waals surface area contributed by atoms with E-state index in [1.54, 1.807) is 4.90 Å². The molecule has 2 N–H and O–H groups in total. The molecule has 5 rings (SSSR count). The minimum atomic E-state index is -1.17. The average Bonchev–Trinajstić information content (AvgIpc) is 3.31. The molecule has 172 valence electrons. The summed E-state index contributed by atoms with van der Waals surface area (Å²) in [6, 6.07) is 15.9. The van der Waals surface area contributed by atoms with E-state index < -0.39 is 11.8 Å². The van der Waals surface area contributed by atoms with E-state index in [0.29, 0.717) is 24.7 Å². The molecular weight excluding hydrogens is 437 g/mol. The number of carboxylic acids is 1. The minimum absolute atomic E-state index is 0.0789. The van der Waals surface area contributed by atoms with Gasteiger partial charge in [0.15, 0.2) is 5.65 Å². The molecule has 0 saturated carbocycles. The Labute approximate surface area is 194 Å². The number of nitrogens with one attached hydrogen (secondary N) is 1. The Balaban J connectivity index is 1.46. The van der Waals surface area contributed by atoms with E-state index >= 15 is 0 Å². The Bertz CT molecular complexity index is 1350. The predicted octanol–water partition coefficient (Wildman–Crippen LogP) is 4.33. The van der Waals surface area contributed by atoms with Crippen LogP contribution in [-0.4, -0.2) is 49.6 Å². The number of rotatable bonds is 5. The first-order valence-electron chi connectivity index (χ1n) is 11.0. The lowest BCUT2D eigenvalue weighted by atomic mass is 9.89. The second-order valence-electron chi connectivity index (χ2n) is 8.23. The van der Waals surface area contributed by atoms with Crippen molar-refractivity contribution in [3.63, 3.8) is 0 Å². The number of carbonyl (C=O) groups is 2. The Morgan fingerprint density at radius 1 is 0.971 bits per heavy atom. The van der Waals surface area contributed by atoms with Crippen molar-refractivity contribution < 1.29 is 19.1 Å². The minimum Gasteiger partial charge on any atom is -0.477 e. The van der Waals surface area contributed by atoms with Crippen LogP contribution in [-0.2, 0) is 0 Å². The van der Waals surface area contributed by atoms with Crippen molar-refractivity contribution >= 4 is 29.0 Å². The molecule has 0 spiro atoms. The van der Waals surface area contributed by atoms with Crippen LogP contribution < -0.4 is 5.32 Å². The van der Waals surface area contributed by atoms with Gasteiger partial charge in [-0.15, -0.1) is 0 Å². The molecule has 1 amide bonds. The SMILES string of the molecule is O=C(O)c1cnn2c(Nc3ccc(F)cc3)c(C(=O)N3CCC(c4ccccc4)CC3)cnc12. The van der Waals surface area contributed by atoms with Gasteiger partial charge < -0.3 is 15.3 Å². The van der Waals surface area contributed by atoms with Gasteiger partial charge in [0, 0.05) is 25.0 Å². The normalized spacial score (nSPS) is 14.3. The van der Waals surface area contributed by atoms with Gasteiger partial charge in [-0.25, -0.2) is 14.2 Å². The molecule has 0 aliphatic carbocycles. The summed E-state index contributed by atoms with van der Waals surface area (Å²) in [4.78, 5) is 31.1. The monoisotopic (exact) mass is 459 g/mol. The lowest BCUT2D eigenvalue weighted by molar-refractivity contribution is 0.0695. The largest absolute Gasteiger partial charge is 0.477 e. The quantitative estimate of drug-likeness (QED) is 0.461. The van der Waals surface area contributed by atoms with E-state index in [2.05, 4.69) is 27.5 Å². The van der Waals surface area contributed by atoms with Crippen LogP contribution >= 0.6 is 0 Å². The first kappa shape index (κ1) is 21.6. The number of fused-ring (bicyclic) bond motifs is 1. The smallest absolute Gasteiger partial charge is 0.341 e. The molecular formula is C25H22FN5O3. The number of benzene rings is 2. The van der Waals surface area contributed by atoms with E-state index in [9.17, 15) is 19.1 Å². The zero-order chi connectivity index (χ0) is 23.7. The van der Waals surface area contributed by atoms with E-state index in [0.717, 1.165) is 12.8 Å². The Morgan fingerprint density at radius 2 is 1.68 bits per heavy atom. The van der Waals surface area contributed by atoms with Gasteiger partial charge in [-0.05, 0) is 48.6 Å². The maximum atomic E-state index is 13.5. The topological polar surface area (TPSA) is 99.8 Å². The molecule has 1 saturated heterocycles. The van der Waals surface area contributed by atoms with Gasteiger partial charge >= 0.3 is 5.97 Å². The number of carboxylic acid groups (broad SMARTS) is 1. The van der Waals surface area contributed by atoms with Crippen molar-refractivity contribution in [2.45, 2.75) is 18.8 Å². The number of amides is 1. The standard InChI is InChI=1S/C25H22FN5O3/c26-18-6-8-19(9-7-18)29-23-20(14-27-22-21(25(33)34)15-28-31(22)23)24(32)30-12-10-17(11-13-30)16-4-2-1-3-5-16/h1-9,14-15,17,29H,10-13H2,(H,33,34). The first-order chi connectivity index (χ1) is 16.5. The van der Waals surface area contributed by atoms with E-state index in [-0.39, 0.29) is 28.5 Å². The number of hydrogen-bond donors (Lipinski definition) is 2. The highest BCUT2D eigenvalue weighted by Crippen LogP contribution is 2.30. The Kier molecular flexibility index (Phi) is 5.67. The zero-order valence-electron chi connectivity index (χ0n) is 18.2. The zero-order valence-corrected chi connectivity index (χ0v) is 18.2. The van der Waals surface area contributed by atoms with Crippen molar-refractivity contribution in [1.29, 1.82) is 0 Å². The average molecular weight is 459 g/mol. The van der Waals surface area contributed by atoms with Crippen LogP contribution in [0.1, 0.15) is 45.0 Å². The fraction of sp³-hybridized carbons (Fsp3) is 0.200.